The van der Waals surface area contributed by atoms with Gasteiger partial charge in [-0.15, -0.1) is 0 Å². The number of aromatic nitrogens is 3. The molecule has 1 amide bonds. The summed E-state index contributed by atoms with van der Waals surface area (Å²) in [6, 6.07) is 13.1. The molecule has 0 atom stereocenters. The number of nitrogens with one attached hydrogen (secondary N) is 2. The van der Waals surface area contributed by atoms with Crippen LogP contribution in [0.15, 0.2) is 58.5 Å². The lowest BCUT2D eigenvalue weighted by atomic mass is 10.2. The van der Waals surface area contributed by atoms with Gasteiger partial charge in [-0.3, -0.25) is 24.3 Å². The highest BCUT2D eigenvalue weighted by Gasteiger charge is 2.17. The third kappa shape index (κ3) is 4.34. The molecular weight excluding hydrogens is 434 g/mol. The summed E-state index contributed by atoms with van der Waals surface area (Å²) in [5, 5.41) is 14.7. The van der Waals surface area contributed by atoms with E-state index in [0.717, 1.165) is 22.7 Å². The fraction of sp³-hybridized carbons (Fsp3) is 0.190. The molecule has 11 heteroatoms. The maximum absolute atomic E-state index is 13.1. The number of fused-ring (bicyclic) bond motifs is 3. The van der Waals surface area contributed by atoms with E-state index in [0.29, 0.717) is 35.0 Å². The molecule has 2 heterocycles. The van der Waals surface area contributed by atoms with Gasteiger partial charge >= 0.3 is 0 Å². The summed E-state index contributed by atoms with van der Waals surface area (Å²) in [5.41, 5.74) is 1.92. The van der Waals surface area contributed by atoms with E-state index in [1.165, 1.54) is 28.8 Å². The van der Waals surface area contributed by atoms with Gasteiger partial charge in [0, 0.05) is 35.8 Å². The molecule has 0 unspecified atom stereocenters. The van der Waals surface area contributed by atoms with Gasteiger partial charge in [0.05, 0.1) is 23.8 Å². The van der Waals surface area contributed by atoms with Crippen molar-refractivity contribution in [2.45, 2.75) is 11.7 Å². The molecule has 164 valence electrons. The lowest BCUT2D eigenvalue weighted by Gasteiger charge is -2.11. The molecule has 0 aliphatic rings. The minimum absolute atomic E-state index is 0.00424. The van der Waals surface area contributed by atoms with Crippen molar-refractivity contribution in [3.05, 3.63) is 69.0 Å². The number of amides is 1. The number of thioether (sulfide) groups is 1. The molecule has 10 nitrogen and oxygen atoms in total. The minimum Gasteiger partial charge on any atom is -0.383 e. The predicted molar refractivity (Wildman–Crippen MR) is 122 cm³/mol. The maximum atomic E-state index is 13.1. The highest BCUT2D eigenvalue weighted by Crippen LogP contribution is 2.25. The Morgan fingerprint density at radius 3 is 2.72 bits per heavy atom. The van der Waals surface area contributed by atoms with Crippen LogP contribution in [0.5, 0.6) is 0 Å². The second kappa shape index (κ2) is 9.20. The molecule has 0 radical (unpaired) electrons. The van der Waals surface area contributed by atoms with Crippen LogP contribution in [0.25, 0.3) is 21.9 Å². The first-order chi connectivity index (χ1) is 15.5. The third-order valence-corrected chi connectivity index (χ3v) is 5.77. The van der Waals surface area contributed by atoms with Gasteiger partial charge in [-0.1, -0.05) is 30.0 Å². The third-order valence-electron chi connectivity index (χ3n) is 4.79. The molecule has 32 heavy (non-hydrogen) atoms. The first-order valence-electron chi connectivity index (χ1n) is 9.65. The van der Waals surface area contributed by atoms with Crippen LogP contribution in [0, 0.1) is 10.1 Å². The SMILES string of the molecule is COCCn1c(SCC(=O)Nc2ccc([N+](=O)[O-])cc2)nc2c([nH]c3ccccc32)c1=O. The summed E-state index contributed by atoms with van der Waals surface area (Å²) in [6.45, 7) is 0.607. The number of anilines is 1. The lowest BCUT2D eigenvalue weighted by molar-refractivity contribution is -0.384. The van der Waals surface area contributed by atoms with Crippen LogP contribution >= 0.6 is 11.8 Å². The van der Waals surface area contributed by atoms with Crippen LogP contribution < -0.4 is 10.9 Å². The number of nitro groups is 1. The number of H-pyrrole nitrogens is 1. The molecule has 4 rings (SSSR count). The normalized spacial score (nSPS) is 11.2. The van der Waals surface area contributed by atoms with E-state index in [1.807, 2.05) is 24.3 Å². The summed E-state index contributed by atoms with van der Waals surface area (Å²) in [6.07, 6.45) is 0. The van der Waals surface area contributed by atoms with Gasteiger partial charge < -0.3 is 15.0 Å². The monoisotopic (exact) mass is 453 g/mol. The fourth-order valence-electron chi connectivity index (χ4n) is 3.26. The molecule has 4 aromatic rings. The van der Waals surface area contributed by atoms with Crippen molar-refractivity contribution >= 4 is 51.0 Å². The van der Waals surface area contributed by atoms with Crippen molar-refractivity contribution in [3.63, 3.8) is 0 Å². The smallest absolute Gasteiger partial charge is 0.278 e. The van der Waals surface area contributed by atoms with Crippen LogP contribution in [0.4, 0.5) is 11.4 Å². The number of para-hydroxylation sites is 1. The summed E-state index contributed by atoms with van der Waals surface area (Å²) < 4.78 is 6.61. The number of methoxy groups -OCH3 is 1. The average molecular weight is 453 g/mol. The first kappa shape index (κ1) is 21.5. The number of hydrogen-bond donors (Lipinski definition) is 2. The molecule has 2 N–H and O–H groups in total. The van der Waals surface area contributed by atoms with Crippen LogP contribution in [-0.2, 0) is 16.1 Å². The summed E-state index contributed by atoms with van der Waals surface area (Å²) in [5.74, 6) is -0.319. The van der Waals surface area contributed by atoms with Crippen molar-refractivity contribution in [3.8, 4) is 0 Å². The Bertz CT molecular complexity index is 1360. The molecule has 0 fully saturated rings. The number of nitrogens with zero attached hydrogens (tertiary/aromatic N) is 3. The van der Waals surface area contributed by atoms with Crippen molar-refractivity contribution in [2.24, 2.45) is 0 Å². The summed E-state index contributed by atoms with van der Waals surface area (Å²) >= 11 is 1.14. The average Bonchev–Trinajstić information content (AvgIpc) is 3.16. The number of rotatable bonds is 8. The molecule has 0 saturated heterocycles. The van der Waals surface area contributed by atoms with Gasteiger partial charge in [-0.25, -0.2) is 4.98 Å². The Balaban J connectivity index is 1.59. The van der Waals surface area contributed by atoms with E-state index in [-0.39, 0.29) is 22.9 Å². The Labute approximate surface area is 185 Å². The second-order valence-electron chi connectivity index (χ2n) is 6.88. The van der Waals surface area contributed by atoms with Crippen LogP contribution in [0.3, 0.4) is 0 Å². The highest BCUT2D eigenvalue weighted by atomic mass is 32.2. The zero-order valence-electron chi connectivity index (χ0n) is 17.0. The van der Waals surface area contributed by atoms with Gasteiger partial charge in [-0.05, 0) is 18.2 Å². The van der Waals surface area contributed by atoms with E-state index >= 15 is 0 Å². The standard InChI is InChI=1S/C21H19N5O5S/c1-31-11-10-25-20(28)19-18(15-4-2-3-5-16(15)23-19)24-21(25)32-12-17(27)22-13-6-8-14(9-7-13)26(29)30/h2-9,23H,10-12H2,1H3,(H,22,27). The molecule has 0 saturated carbocycles. The maximum Gasteiger partial charge on any atom is 0.278 e. The Kier molecular flexibility index (Phi) is 6.19. The summed E-state index contributed by atoms with van der Waals surface area (Å²) in [4.78, 5) is 43.6. The molecule has 0 spiro atoms. The van der Waals surface area contributed by atoms with Crippen molar-refractivity contribution in [1.82, 2.24) is 14.5 Å². The minimum atomic E-state index is -0.507. The first-order valence-corrected chi connectivity index (χ1v) is 10.6. The van der Waals surface area contributed by atoms with Gasteiger partial charge in [0.25, 0.3) is 11.2 Å². The number of carbonyl (C=O) groups excluding carboxylic acids is 1. The topological polar surface area (TPSA) is 132 Å². The van der Waals surface area contributed by atoms with Gasteiger partial charge in [-0.2, -0.15) is 0 Å². The van der Waals surface area contributed by atoms with Gasteiger partial charge in [0.2, 0.25) is 5.91 Å². The molecule has 0 bridgehead atoms. The fourth-order valence-corrected chi connectivity index (χ4v) is 4.08. The van der Waals surface area contributed by atoms with E-state index in [9.17, 15) is 19.7 Å². The molecule has 2 aromatic carbocycles. The Morgan fingerprint density at radius 2 is 2.00 bits per heavy atom. The number of carbonyl (C=O) groups is 1. The van der Waals surface area contributed by atoms with Gasteiger partial charge in [0.1, 0.15) is 11.0 Å². The predicted octanol–water partition coefficient (Wildman–Crippen LogP) is 3.16. The lowest BCUT2D eigenvalue weighted by Crippen LogP contribution is -2.26. The van der Waals surface area contributed by atoms with Crippen LogP contribution in [0.1, 0.15) is 0 Å². The summed E-state index contributed by atoms with van der Waals surface area (Å²) in [7, 11) is 1.55. The van der Waals surface area contributed by atoms with E-state index in [2.05, 4.69) is 15.3 Å². The van der Waals surface area contributed by atoms with Crippen LogP contribution in [-0.4, -0.2) is 44.8 Å². The number of nitro benzene ring substituents is 1. The molecular formula is C21H19N5O5S. The van der Waals surface area contributed by atoms with Crippen LogP contribution in [0.2, 0.25) is 0 Å². The quantitative estimate of drug-likeness (QED) is 0.181. The van der Waals surface area contributed by atoms with E-state index in [4.69, 9.17) is 4.74 Å². The highest BCUT2D eigenvalue weighted by molar-refractivity contribution is 7.99. The number of benzene rings is 2. The second-order valence-corrected chi connectivity index (χ2v) is 7.82. The number of ether oxygens (including phenoxy) is 1. The number of aromatic amines is 1. The van der Waals surface area contributed by atoms with E-state index < -0.39 is 4.92 Å². The zero-order valence-corrected chi connectivity index (χ0v) is 17.8. The largest absolute Gasteiger partial charge is 0.383 e. The molecule has 2 aromatic heterocycles. The molecule has 0 aliphatic carbocycles. The number of non-ortho nitro benzene ring substituents is 1. The van der Waals surface area contributed by atoms with Crippen molar-refractivity contribution < 1.29 is 14.5 Å². The molecule has 0 aliphatic heterocycles. The zero-order chi connectivity index (χ0) is 22.7. The number of hydrogen-bond acceptors (Lipinski definition) is 7. The Morgan fingerprint density at radius 1 is 1.25 bits per heavy atom. The van der Waals surface area contributed by atoms with Crippen molar-refractivity contribution in [1.29, 1.82) is 0 Å². The van der Waals surface area contributed by atoms with E-state index in [1.54, 1.807) is 7.11 Å². The van der Waals surface area contributed by atoms with Crippen molar-refractivity contribution in [2.75, 3.05) is 24.8 Å². The van der Waals surface area contributed by atoms with Gasteiger partial charge in [0.15, 0.2) is 5.16 Å². The Hall–Kier alpha value is -3.70.